The minimum Gasteiger partial charge on any atom is -0.480 e. The summed E-state index contributed by atoms with van der Waals surface area (Å²) in [4.78, 5) is 26.4. The summed E-state index contributed by atoms with van der Waals surface area (Å²) in [5, 5.41) is 9.04. The van der Waals surface area contributed by atoms with Gasteiger partial charge in [-0.2, -0.15) is 0 Å². The Hall–Kier alpha value is -1.62. The first-order chi connectivity index (χ1) is 8.60. The first-order valence-corrected chi connectivity index (χ1v) is 6.06. The molecule has 0 saturated carbocycles. The van der Waals surface area contributed by atoms with Gasteiger partial charge in [0.25, 0.3) is 0 Å². The van der Waals surface area contributed by atoms with Crippen molar-refractivity contribution >= 4 is 11.9 Å². The lowest BCUT2D eigenvalue weighted by Crippen LogP contribution is -2.44. The van der Waals surface area contributed by atoms with E-state index >= 15 is 0 Å². The maximum absolute atomic E-state index is 12.0. The van der Waals surface area contributed by atoms with Crippen LogP contribution in [0.1, 0.15) is 12.8 Å². The second kappa shape index (κ2) is 6.96. The molecule has 100 valence electrons. The maximum atomic E-state index is 12.0. The fraction of sp³-hybridized carbons (Fsp3) is 0.538. The Morgan fingerprint density at radius 2 is 1.94 bits per heavy atom. The van der Waals surface area contributed by atoms with Gasteiger partial charge in [-0.15, -0.1) is 13.2 Å². The van der Waals surface area contributed by atoms with E-state index in [4.69, 9.17) is 5.11 Å². The summed E-state index contributed by atoms with van der Waals surface area (Å²) in [7, 11) is 0. The summed E-state index contributed by atoms with van der Waals surface area (Å²) in [5.74, 6) is -0.928. The van der Waals surface area contributed by atoms with E-state index in [0.29, 0.717) is 26.1 Å². The average molecular weight is 252 g/mol. The van der Waals surface area contributed by atoms with Gasteiger partial charge in [-0.05, 0) is 19.4 Å². The molecule has 0 spiro atoms. The molecule has 0 aromatic carbocycles. The number of carbonyl (C=O) groups excluding carboxylic acids is 1. The van der Waals surface area contributed by atoms with E-state index in [0.717, 1.165) is 6.42 Å². The van der Waals surface area contributed by atoms with Crippen LogP contribution < -0.4 is 0 Å². The molecular weight excluding hydrogens is 232 g/mol. The fourth-order valence-corrected chi connectivity index (χ4v) is 2.16. The fourth-order valence-electron chi connectivity index (χ4n) is 2.16. The number of aliphatic carboxylic acids is 1. The highest BCUT2D eigenvalue weighted by Gasteiger charge is 2.32. The molecule has 1 heterocycles. The van der Waals surface area contributed by atoms with Gasteiger partial charge in [0.05, 0.1) is 6.54 Å². The Labute approximate surface area is 107 Å². The van der Waals surface area contributed by atoms with Crippen LogP contribution in [0.25, 0.3) is 0 Å². The average Bonchev–Trinajstić information content (AvgIpc) is 2.77. The van der Waals surface area contributed by atoms with Crippen molar-refractivity contribution in [1.29, 1.82) is 0 Å². The van der Waals surface area contributed by atoms with Crippen molar-refractivity contribution < 1.29 is 14.7 Å². The quantitative estimate of drug-likeness (QED) is 0.679. The zero-order chi connectivity index (χ0) is 13.5. The lowest BCUT2D eigenvalue weighted by Gasteiger charge is -2.25. The smallest absolute Gasteiger partial charge is 0.320 e. The van der Waals surface area contributed by atoms with Gasteiger partial charge in [-0.25, -0.2) is 0 Å². The number of hydrogen-bond acceptors (Lipinski definition) is 3. The summed E-state index contributed by atoms with van der Waals surface area (Å²) in [6, 6.07) is -0.525. The van der Waals surface area contributed by atoms with Gasteiger partial charge in [0, 0.05) is 13.1 Å². The van der Waals surface area contributed by atoms with Crippen LogP contribution in [0.15, 0.2) is 25.3 Å². The standard InChI is InChI=1S/C13H20N2O3/c1-3-7-14(8-4-2)12(16)10-15-9-5-6-11(15)13(17)18/h3-4,11H,1-2,5-10H2,(H,17,18)/t11-/m0/s1. The molecule has 1 aliphatic heterocycles. The van der Waals surface area contributed by atoms with Crippen molar-refractivity contribution in [1.82, 2.24) is 9.80 Å². The number of nitrogens with zero attached hydrogens (tertiary/aromatic N) is 2. The molecule has 1 aliphatic rings. The number of carbonyl (C=O) groups is 2. The monoisotopic (exact) mass is 252 g/mol. The Morgan fingerprint density at radius 3 is 2.44 bits per heavy atom. The molecule has 0 radical (unpaired) electrons. The van der Waals surface area contributed by atoms with Crippen molar-refractivity contribution in [3.63, 3.8) is 0 Å². The Balaban J connectivity index is 2.58. The van der Waals surface area contributed by atoms with E-state index in [-0.39, 0.29) is 12.5 Å². The van der Waals surface area contributed by atoms with E-state index in [1.165, 1.54) is 0 Å². The van der Waals surface area contributed by atoms with Crippen LogP contribution in [0.3, 0.4) is 0 Å². The van der Waals surface area contributed by atoms with Crippen molar-refractivity contribution in [2.75, 3.05) is 26.2 Å². The second-order valence-electron chi connectivity index (χ2n) is 4.34. The highest BCUT2D eigenvalue weighted by atomic mass is 16.4. The third-order valence-corrected chi connectivity index (χ3v) is 3.04. The molecule has 1 fully saturated rings. The lowest BCUT2D eigenvalue weighted by atomic mass is 10.2. The number of likely N-dealkylation sites (tertiary alicyclic amines) is 1. The molecule has 1 N–H and O–H groups in total. The van der Waals surface area contributed by atoms with Gasteiger partial charge in [0.15, 0.2) is 0 Å². The minimum absolute atomic E-state index is 0.0806. The molecular formula is C13H20N2O3. The summed E-state index contributed by atoms with van der Waals surface area (Å²) in [6.45, 7) is 8.93. The summed E-state index contributed by atoms with van der Waals surface area (Å²) >= 11 is 0. The minimum atomic E-state index is -0.848. The SMILES string of the molecule is C=CCN(CC=C)C(=O)CN1CCC[C@H]1C(=O)O. The van der Waals surface area contributed by atoms with Gasteiger partial charge in [0.2, 0.25) is 5.91 Å². The maximum Gasteiger partial charge on any atom is 0.320 e. The van der Waals surface area contributed by atoms with Gasteiger partial charge >= 0.3 is 5.97 Å². The molecule has 18 heavy (non-hydrogen) atoms. The van der Waals surface area contributed by atoms with Crippen LogP contribution in [-0.4, -0.2) is 59.0 Å². The predicted octanol–water partition coefficient (Wildman–Crippen LogP) is 0.736. The van der Waals surface area contributed by atoms with Gasteiger partial charge in [-0.1, -0.05) is 12.2 Å². The molecule has 1 rings (SSSR count). The van der Waals surface area contributed by atoms with Crippen LogP contribution >= 0.6 is 0 Å². The lowest BCUT2D eigenvalue weighted by molar-refractivity contribution is -0.143. The molecule has 1 amide bonds. The zero-order valence-corrected chi connectivity index (χ0v) is 10.5. The number of carboxylic acids is 1. The zero-order valence-electron chi connectivity index (χ0n) is 10.5. The summed E-state index contributed by atoms with van der Waals surface area (Å²) in [6.07, 6.45) is 4.75. The second-order valence-corrected chi connectivity index (χ2v) is 4.34. The number of rotatable bonds is 7. The van der Waals surface area contributed by atoms with Crippen LogP contribution in [0.4, 0.5) is 0 Å². The third-order valence-electron chi connectivity index (χ3n) is 3.04. The Bertz CT molecular complexity index is 331. The highest BCUT2D eigenvalue weighted by Crippen LogP contribution is 2.17. The van der Waals surface area contributed by atoms with E-state index in [2.05, 4.69) is 13.2 Å². The van der Waals surface area contributed by atoms with Crippen LogP contribution in [0.2, 0.25) is 0 Å². The molecule has 0 bridgehead atoms. The van der Waals surface area contributed by atoms with Gasteiger partial charge < -0.3 is 10.0 Å². The third kappa shape index (κ3) is 3.70. The van der Waals surface area contributed by atoms with Crippen LogP contribution in [0.5, 0.6) is 0 Å². The van der Waals surface area contributed by atoms with Crippen molar-refractivity contribution in [3.8, 4) is 0 Å². The molecule has 0 aromatic rings. The van der Waals surface area contributed by atoms with Gasteiger partial charge in [0.1, 0.15) is 6.04 Å². The van der Waals surface area contributed by atoms with Crippen molar-refractivity contribution in [2.24, 2.45) is 0 Å². The molecule has 5 nitrogen and oxygen atoms in total. The molecule has 1 atom stereocenters. The molecule has 1 saturated heterocycles. The topological polar surface area (TPSA) is 60.9 Å². The van der Waals surface area contributed by atoms with Crippen molar-refractivity contribution in [2.45, 2.75) is 18.9 Å². The van der Waals surface area contributed by atoms with Crippen LogP contribution in [-0.2, 0) is 9.59 Å². The molecule has 5 heteroatoms. The highest BCUT2D eigenvalue weighted by molar-refractivity contribution is 5.80. The number of amides is 1. The van der Waals surface area contributed by atoms with Crippen molar-refractivity contribution in [3.05, 3.63) is 25.3 Å². The van der Waals surface area contributed by atoms with E-state index in [1.807, 2.05) is 0 Å². The van der Waals surface area contributed by atoms with Gasteiger partial charge in [-0.3, -0.25) is 14.5 Å². The summed E-state index contributed by atoms with van der Waals surface area (Å²) < 4.78 is 0. The Morgan fingerprint density at radius 1 is 1.33 bits per heavy atom. The van der Waals surface area contributed by atoms with E-state index in [9.17, 15) is 9.59 Å². The first-order valence-electron chi connectivity index (χ1n) is 6.06. The molecule has 0 aliphatic carbocycles. The molecule has 0 unspecified atom stereocenters. The normalized spacial score (nSPS) is 19.4. The Kier molecular flexibility index (Phi) is 5.58. The van der Waals surface area contributed by atoms with E-state index in [1.54, 1.807) is 22.0 Å². The number of carboxylic acid groups (broad SMARTS) is 1. The molecule has 0 aromatic heterocycles. The largest absolute Gasteiger partial charge is 0.480 e. The predicted molar refractivity (Wildman–Crippen MR) is 69.2 cm³/mol. The number of hydrogen-bond donors (Lipinski definition) is 1. The first kappa shape index (κ1) is 14.4. The van der Waals surface area contributed by atoms with Crippen LogP contribution in [0, 0.1) is 0 Å². The van der Waals surface area contributed by atoms with E-state index < -0.39 is 12.0 Å². The summed E-state index contributed by atoms with van der Waals surface area (Å²) in [5.41, 5.74) is 0.